The third kappa shape index (κ3) is 1.57. The van der Waals surface area contributed by atoms with Crippen molar-refractivity contribution < 1.29 is 10.0 Å². The Balaban J connectivity index is 2.88. The molecule has 0 atom stereocenters. The van der Waals surface area contributed by atoms with E-state index in [0.29, 0.717) is 0 Å². The van der Waals surface area contributed by atoms with Gasteiger partial charge in [0, 0.05) is 6.07 Å². The van der Waals surface area contributed by atoms with E-state index in [2.05, 4.69) is 4.98 Å². The van der Waals surface area contributed by atoms with Crippen LogP contribution in [-0.4, -0.2) is 15.0 Å². The molecule has 0 amide bonds. The Kier molecular flexibility index (Phi) is 2.17. The SMILES string of the molecule is O=[N+]([O-])c1ccc(O)c2nc(Cl)ccc12. The standard InChI is InChI=1S/C9H5ClN2O3/c10-8-4-1-5-6(12(14)15)2-3-7(13)9(5)11-8/h1-4,13H. The molecule has 1 aromatic carbocycles. The number of pyridine rings is 1. The molecule has 0 saturated heterocycles. The summed E-state index contributed by atoms with van der Waals surface area (Å²) >= 11 is 5.63. The predicted octanol–water partition coefficient (Wildman–Crippen LogP) is 2.50. The van der Waals surface area contributed by atoms with Crippen LogP contribution in [0, 0.1) is 10.1 Å². The normalized spacial score (nSPS) is 10.5. The molecule has 5 nitrogen and oxygen atoms in total. The quantitative estimate of drug-likeness (QED) is 0.459. The molecule has 0 aliphatic carbocycles. The van der Waals surface area contributed by atoms with E-state index >= 15 is 0 Å². The lowest BCUT2D eigenvalue weighted by Gasteiger charge is -2.01. The first-order valence-corrected chi connectivity index (χ1v) is 4.40. The first-order chi connectivity index (χ1) is 7.09. The number of nitro benzene ring substituents is 1. The number of non-ortho nitro benzene ring substituents is 1. The third-order valence-electron chi connectivity index (χ3n) is 1.98. The van der Waals surface area contributed by atoms with Gasteiger partial charge in [0.1, 0.15) is 16.4 Å². The van der Waals surface area contributed by atoms with Gasteiger partial charge in [0.2, 0.25) is 0 Å². The summed E-state index contributed by atoms with van der Waals surface area (Å²) in [6.45, 7) is 0. The van der Waals surface area contributed by atoms with Crippen LogP contribution in [0.3, 0.4) is 0 Å². The molecule has 0 bridgehead atoms. The molecule has 0 fully saturated rings. The van der Waals surface area contributed by atoms with Crippen LogP contribution in [-0.2, 0) is 0 Å². The smallest absolute Gasteiger partial charge is 0.279 e. The molecule has 0 unspecified atom stereocenters. The highest BCUT2D eigenvalue weighted by Crippen LogP contribution is 2.31. The molecule has 0 spiro atoms. The summed E-state index contributed by atoms with van der Waals surface area (Å²) in [5.41, 5.74) is 0.0312. The van der Waals surface area contributed by atoms with Gasteiger partial charge in [-0.25, -0.2) is 4.98 Å². The average Bonchev–Trinajstić information content (AvgIpc) is 2.19. The Morgan fingerprint density at radius 3 is 2.73 bits per heavy atom. The highest BCUT2D eigenvalue weighted by molar-refractivity contribution is 6.29. The van der Waals surface area contributed by atoms with Gasteiger partial charge in [-0.15, -0.1) is 0 Å². The van der Waals surface area contributed by atoms with Crippen molar-refractivity contribution in [2.75, 3.05) is 0 Å². The van der Waals surface area contributed by atoms with Crippen LogP contribution in [0.2, 0.25) is 5.15 Å². The summed E-state index contributed by atoms with van der Waals surface area (Å²) in [5, 5.41) is 20.6. The van der Waals surface area contributed by atoms with Crippen LogP contribution in [0.25, 0.3) is 10.9 Å². The lowest BCUT2D eigenvalue weighted by atomic mass is 10.2. The molecule has 1 N–H and O–H groups in total. The molecule has 2 rings (SSSR count). The van der Waals surface area contributed by atoms with Crippen molar-refractivity contribution in [2.45, 2.75) is 0 Å². The minimum Gasteiger partial charge on any atom is -0.506 e. The van der Waals surface area contributed by atoms with E-state index in [1.807, 2.05) is 0 Å². The van der Waals surface area contributed by atoms with Gasteiger partial charge in [-0.1, -0.05) is 11.6 Å². The fourth-order valence-corrected chi connectivity index (χ4v) is 1.47. The van der Waals surface area contributed by atoms with Crippen LogP contribution in [0.15, 0.2) is 24.3 Å². The van der Waals surface area contributed by atoms with Crippen molar-refractivity contribution in [2.24, 2.45) is 0 Å². The van der Waals surface area contributed by atoms with E-state index in [1.165, 1.54) is 24.3 Å². The highest BCUT2D eigenvalue weighted by atomic mass is 35.5. The number of nitro groups is 1. The summed E-state index contributed by atoms with van der Waals surface area (Å²) in [4.78, 5) is 14.0. The lowest BCUT2D eigenvalue weighted by molar-refractivity contribution is -0.383. The fourth-order valence-electron chi connectivity index (χ4n) is 1.32. The van der Waals surface area contributed by atoms with Gasteiger partial charge < -0.3 is 5.11 Å². The molecule has 1 aromatic heterocycles. The molecule has 2 aromatic rings. The number of benzene rings is 1. The van der Waals surface area contributed by atoms with Crippen LogP contribution in [0.5, 0.6) is 5.75 Å². The first kappa shape index (κ1) is 9.67. The number of aromatic nitrogens is 1. The maximum Gasteiger partial charge on any atom is 0.279 e. The molecular weight excluding hydrogens is 220 g/mol. The zero-order chi connectivity index (χ0) is 11.0. The summed E-state index contributed by atoms with van der Waals surface area (Å²) < 4.78 is 0. The van der Waals surface area contributed by atoms with Crippen LogP contribution in [0.4, 0.5) is 5.69 Å². The number of nitrogens with zero attached hydrogens (tertiary/aromatic N) is 2. The number of aromatic hydroxyl groups is 1. The minimum absolute atomic E-state index is 0.105. The Labute approximate surface area is 89.1 Å². The number of halogens is 1. The monoisotopic (exact) mass is 224 g/mol. The molecule has 0 saturated carbocycles. The van der Waals surface area contributed by atoms with Crippen molar-refractivity contribution in [3.8, 4) is 5.75 Å². The summed E-state index contributed by atoms with van der Waals surface area (Å²) in [6.07, 6.45) is 0. The van der Waals surface area contributed by atoms with Crippen molar-refractivity contribution >= 4 is 28.2 Å². The van der Waals surface area contributed by atoms with Crippen LogP contribution < -0.4 is 0 Å². The Bertz CT molecular complexity index is 556. The highest BCUT2D eigenvalue weighted by Gasteiger charge is 2.14. The summed E-state index contributed by atoms with van der Waals surface area (Å²) in [6, 6.07) is 5.36. The molecular formula is C9H5ClN2O3. The number of rotatable bonds is 1. The van der Waals surface area contributed by atoms with Gasteiger partial charge in [0.05, 0.1) is 10.3 Å². The Hall–Kier alpha value is -1.88. The second-order valence-electron chi connectivity index (χ2n) is 2.89. The molecule has 0 aliphatic heterocycles. The fraction of sp³-hybridized carbons (Fsp3) is 0. The zero-order valence-corrected chi connectivity index (χ0v) is 8.10. The van der Waals surface area contributed by atoms with E-state index < -0.39 is 4.92 Å². The first-order valence-electron chi connectivity index (χ1n) is 4.02. The van der Waals surface area contributed by atoms with Gasteiger partial charge in [0.25, 0.3) is 5.69 Å². The zero-order valence-electron chi connectivity index (χ0n) is 7.35. The van der Waals surface area contributed by atoms with Gasteiger partial charge in [0.15, 0.2) is 0 Å². The average molecular weight is 225 g/mol. The van der Waals surface area contributed by atoms with E-state index in [9.17, 15) is 15.2 Å². The predicted molar refractivity (Wildman–Crippen MR) is 55.1 cm³/mol. The van der Waals surface area contributed by atoms with Crippen molar-refractivity contribution in [3.05, 3.63) is 39.5 Å². The van der Waals surface area contributed by atoms with E-state index in [0.717, 1.165) is 0 Å². The molecule has 76 valence electrons. The van der Waals surface area contributed by atoms with Crippen molar-refractivity contribution in [3.63, 3.8) is 0 Å². The largest absolute Gasteiger partial charge is 0.506 e. The molecule has 1 heterocycles. The summed E-state index contributed by atoms with van der Waals surface area (Å²) in [7, 11) is 0. The van der Waals surface area contributed by atoms with Gasteiger partial charge in [-0.05, 0) is 18.2 Å². The maximum absolute atomic E-state index is 10.7. The molecule has 15 heavy (non-hydrogen) atoms. The summed E-state index contributed by atoms with van der Waals surface area (Å²) in [5.74, 6) is -0.127. The number of phenols is 1. The maximum atomic E-state index is 10.7. The minimum atomic E-state index is -0.530. The van der Waals surface area contributed by atoms with E-state index in [1.54, 1.807) is 0 Å². The lowest BCUT2D eigenvalue weighted by Crippen LogP contribution is -1.91. The number of phenolic OH excluding ortho intramolecular Hbond substituents is 1. The third-order valence-corrected chi connectivity index (χ3v) is 2.19. The number of fused-ring (bicyclic) bond motifs is 1. The molecule has 6 heteroatoms. The topological polar surface area (TPSA) is 76.3 Å². The van der Waals surface area contributed by atoms with E-state index in [4.69, 9.17) is 11.6 Å². The second kappa shape index (κ2) is 3.36. The molecule has 0 aliphatic rings. The van der Waals surface area contributed by atoms with Crippen LogP contribution >= 0.6 is 11.6 Å². The van der Waals surface area contributed by atoms with Crippen molar-refractivity contribution in [1.82, 2.24) is 4.98 Å². The number of hydrogen-bond acceptors (Lipinski definition) is 4. The van der Waals surface area contributed by atoms with Gasteiger partial charge >= 0.3 is 0 Å². The Morgan fingerprint density at radius 1 is 1.33 bits per heavy atom. The Morgan fingerprint density at radius 2 is 2.07 bits per heavy atom. The van der Waals surface area contributed by atoms with Crippen LogP contribution in [0.1, 0.15) is 0 Å². The second-order valence-corrected chi connectivity index (χ2v) is 3.28. The van der Waals surface area contributed by atoms with E-state index in [-0.39, 0.29) is 27.5 Å². The van der Waals surface area contributed by atoms with Crippen molar-refractivity contribution in [1.29, 1.82) is 0 Å². The van der Waals surface area contributed by atoms with Gasteiger partial charge in [-0.2, -0.15) is 0 Å². The number of hydrogen-bond donors (Lipinski definition) is 1. The molecule has 0 radical (unpaired) electrons. The van der Waals surface area contributed by atoms with Gasteiger partial charge in [-0.3, -0.25) is 10.1 Å².